The van der Waals surface area contributed by atoms with Crippen molar-refractivity contribution in [2.24, 2.45) is 5.92 Å². The monoisotopic (exact) mass is 382 g/mol. The van der Waals surface area contributed by atoms with E-state index in [9.17, 15) is 14.4 Å². The molecule has 0 aromatic heterocycles. The molecule has 2 rings (SSSR count). The van der Waals surface area contributed by atoms with Gasteiger partial charge in [-0.3, -0.25) is 4.79 Å². The number of methoxy groups -OCH3 is 1. The molecule has 2 fully saturated rings. The highest BCUT2D eigenvalue weighted by atomic mass is 16.6. The molecule has 154 valence electrons. The minimum absolute atomic E-state index is 0.0291. The molecular weight excluding hydrogens is 348 g/mol. The summed E-state index contributed by atoms with van der Waals surface area (Å²) in [6.45, 7) is 7.51. The molecule has 2 saturated heterocycles. The average Bonchev–Trinajstić information content (AvgIpc) is 2.97. The van der Waals surface area contributed by atoms with Gasteiger partial charge in [0.15, 0.2) is 0 Å². The van der Waals surface area contributed by atoms with Crippen molar-refractivity contribution in [3.05, 3.63) is 0 Å². The van der Waals surface area contributed by atoms with Crippen LogP contribution in [0.1, 0.15) is 72.6 Å². The molecule has 4 atom stereocenters. The molecule has 0 aromatic rings. The normalized spacial score (nSPS) is 28.8. The Morgan fingerprint density at radius 3 is 2.48 bits per heavy atom. The number of carbonyl (C=O) groups is 3. The first kappa shape index (κ1) is 21.5. The minimum atomic E-state index is -0.674. The minimum Gasteiger partial charge on any atom is -0.467 e. The van der Waals surface area contributed by atoms with Gasteiger partial charge in [0.1, 0.15) is 17.7 Å². The lowest BCUT2D eigenvalue weighted by atomic mass is 9.86. The van der Waals surface area contributed by atoms with Gasteiger partial charge in [-0.2, -0.15) is 0 Å². The maximum absolute atomic E-state index is 13.2. The molecule has 0 aliphatic carbocycles. The summed E-state index contributed by atoms with van der Waals surface area (Å²) in [5.41, 5.74) is -0.635. The van der Waals surface area contributed by atoms with Crippen LogP contribution >= 0.6 is 0 Å². The van der Waals surface area contributed by atoms with E-state index in [1.807, 2.05) is 0 Å². The fourth-order valence-electron chi connectivity index (χ4n) is 4.28. The summed E-state index contributed by atoms with van der Waals surface area (Å²) in [6, 6.07) is -1.20. The third-order valence-corrected chi connectivity index (χ3v) is 5.39. The Labute approximate surface area is 162 Å². The number of nitrogens with zero attached hydrogens (tertiary/aromatic N) is 1. The fraction of sp³-hybridized carbons (Fsp3) is 0.850. The van der Waals surface area contributed by atoms with Crippen molar-refractivity contribution in [2.45, 2.75) is 96.4 Å². The standard InChI is InChI=1S/C20H34N2O5/c1-6-7-13-8-10-15(21-19(25)27-20(2,3)4)17(23)22-14(12-13)9-11-16(22)18(24)26-5/h13-16H,6-12H2,1-5H3,(H,21,25)/t13-,14+,15-,16-/m0/s1. The van der Waals surface area contributed by atoms with Crippen LogP contribution in [0.25, 0.3) is 0 Å². The molecule has 0 unspecified atom stereocenters. The van der Waals surface area contributed by atoms with E-state index >= 15 is 0 Å². The third kappa shape index (κ3) is 5.59. The van der Waals surface area contributed by atoms with E-state index in [4.69, 9.17) is 9.47 Å². The highest BCUT2D eigenvalue weighted by Gasteiger charge is 2.45. The van der Waals surface area contributed by atoms with Crippen molar-refractivity contribution >= 4 is 18.0 Å². The number of amides is 2. The van der Waals surface area contributed by atoms with E-state index in [1.54, 1.807) is 25.7 Å². The summed E-state index contributed by atoms with van der Waals surface area (Å²) < 4.78 is 10.2. The van der Waals surface area contributed by atoms with Gasteiger partial charge in [0.2, 0.25) is 5.91 Å². The molecule has 0 spiro atoms. The number of esters is 1. The molecule has 7 heteroatoms. The van der Waals surface area contributed by atoms with Crippen LogP contribution < -0.4 is 5.32 Å². The summed E-state index contributed by atoms with van der Waals surface area (Å²) in [7, 11) is 1.35. The van der Waals surface area contributed by atoms with E-state index in [-0.39, 0.29) is 17.9 Å². The van der Waals surface area contributed by atoms with Crippen molar-refractivity contribution in [3.63, 3.8) is 0 Å². The zero-order chi connectivity index (χ0) is 20.2. The Hall–Kier alpha value is -1.79. The first-order valence-electron chi connectivity index (χ1n) is 10.1. The Morgan fingerprint density at radius 1 is 1.19 bits per heavy atom. The number of rotatable bonds is 4. The van der Waals surface area contributed by atoms with Crippen LogP contribution in [-0.2, 0) is 19.1 Å². The van der Waals surface area contributed by atoms with Gasteiger partial charge in [-0.1, -0.05) is 19.8 Å². The van der Waals surface area contributed by atoms with E-state index < -0.39 is 23.8 Å². The predicted molar refractivity (Wildman–Crippen MR) is 101 cm³/mol. The van der Waals surface area contributed by atoms with Crippen molar-refractivity contribution in [1.82, 2.24) is 10.2 Å². The molecule has 2 aliphatic heterocycles. The van der Waals surface area contributed by atoms with Crippen molar-refractivity contribution in [1.29, 1.82) is 0 Å². The Balaban J connectivity index is 2.21. The lowest BCUT2D eigenvalue weighted by Crippen LogP contribution is -2.56. The number of alkyl carbamates (subject to hydrolysis) is 1. The zero-order valence-electron chi connectivity index (χ0n) is 17.2. The lowest BCUT2D eigenvalue weighted by molar-refractivity contribution is -0.153. The highest BCUT2D eigenvalue weighted by Crippen LogP contribution is 2.35. The SMILES string of the molecule is CCC[C@H]1CC[C@H](NC(=O)OC(C)(C)C)C(=O)N2[C@H](CC[C@H]2C(=O)OC)C1. The summed E-state index contributed by atoms with van der Waals surface area (Å²) in [6.07, 6.45) is 5.32. The predicted octanol–water partition coefficient (Wildman–Crippen LogP) is 3.01. The Kier molecular flexibility index (Phi) is 7.12. The number of nitrogens with one attached hydrogen (secondary N) is 1. The summed E-state index contributed by atoms with van der Waals surface area (Å²) in [5, 5.41) is 2.74. The second kappa shape index (κ2) is 8.93. The fourth-order valence-corrected chi connectivity index (χ4v) is 4.28. The van der Waals surface area contributed by atoms with Crippen LogP contribution in [0.4, 0.5) is 4.79 Å². The van der Waals surface area contributed by atoms with Crippen LogP contribution in [-0.4, -0.2) is 53.7 Å². The summed E-state index contributed by atoms with van der Waals surface area (Å²) in [5.74, 6) is -0.0990. The van der Waals surface area contributed by atoms with Crippen molar-refractivity contribution in [2.75, 3.05) is 7.11 Å². The van der Waals surface area contributed by atoms with Gasteiger partial charge in [-0.05, 0) is 58.8 Å². The molecule has 7 nitrogen and oxygen atoms in total. The smallest absolute Gasteiger partial charge is 0.408 e. The molecule has 0 saturated carbocycles. The Bertz CT molecular complexity index is 557. The number of hydrogen-bond donors (Lipinski definition) is 1. The topological polar surface area (TPSA) is 84.9 Å². The van der Waals surface area contributed by atoms with Crippen molar-refractivity contribution in [3.8, 4) is 0 Å². The molecule has 2 amide bonds. The van der Waals surface area contributed by atoms with Gasteiger partial charge in [-0.25, -0.2) is 9.59 Å². The highest BCUT2D eigenvalue weighted by molar-refractivity contribution is 5.90. The molecule has 0 bridgehead atoms. The molecule has 2 aliphatic rings. The number of ether oxygens (including phenoxy) is 2. The van der Waals surface area contributed by atoms with Crippen LogP contribution in [0.3, 0.4) is 0 Å². The van der Waals surface area contributed by atoms with Crippen LogP contribution in [0.5, 0.6) is 0 Å². The lowest BCUT2D eigenvalue weighted by Gasteiger charge is -2.37. The quantitative estimate of drug-likeness (QED) is 0.756. The summed E-state index contributed by atoms with van der Waals surface area (Å²) >= 11 is 0. The van der Waals surface area contributed by atoms with Crippen molar-refractivity contribution < 1.29 is 23.9 Å². The van der Waals surface area contributed by atoms with Gasteiger partial charge in [0.05, 0.1) is 7.11 Å². The summed E-state index contributed by atoms with van der Waals surface area (Å²) in [4.78, 5) is 39.4. The molecule has 1 N–H and O–H groups in total. The second-order valence-corrected chi connectivity index (χ2v) is 8.68. The largest absolute Gasteiger partial charge is 0.467 e. The zero-order valence-corrected chi connectivity index (χ0v) is 17.2. The number of fused-ring (bicyclic) bond motifs is 1. The molecular formula is C20H34N2O5. The van der Waals surface area contributed by atoms with E-state index in [0.29, 0.717) is 18.8 Å². The number of hydrogen-bond acceptors (Lipinski definition) is 5. The third-order valence-electron chi connectivity index (χ3n) is 5.39. The average molecular weight is 383 g/mol. The Morgan fingerprint density at radius 2 is 1.89 bits per heavy atom. The van der Waals surface area contributed by atoms with E-state index in [1.165, 1.54) is 7.11 Å². The van der Waals surface area contributed by atoms with Gasteiger partial charge in [0, 0.05) is 6.04 Å². The van der Waals surface area contributed by atoms with Crippen LogP contribution in [0.2, 0.25) is 0 Å². The van der Waals surface area contributed by atoms with Crippen LogP contribution in [0, 0.1) is 5.92 Å². The van der Waals surface area contributed by atoms with Gasteiger partial charge in [0.25, 0.3) is 0 Å². The van der Waals surface area contributed by atoms with Gasteiger partial charge in [-0.15, -0.1) is 0 Å². The first-order chi connectivity index (χ1) is 12.7. The molecule has 2 heterocycles. The molecule has 27 heavy (non-hydrogen) atoms. The maximum Gasteiger partial charge on any atom is 0.408 e. The van der Waals surface area contributed by atoms with Gasteiger partial charge < -0.3 is 19.7 Å². The number of carbonyl (C=O) groups excluding carboxylic acids is 3. The van der Waals surface area contributed by atoms with E-state index in [2.05, 4.69) is 12.2 Å². The van der Waals surface area contributed by atoms with Gasteiger partial charge >= 0.3 is 12.1 Å². The maximum atomic E-state index is 13.2. The molecule has 0 radical (unpaired) electrons. The van der Waals surface area contributed by atoms with E-state index in [0.717, 1.165) is 32.1 Å². The second-order valence-electron chi connectivity index (χ2n) is 8.68. The molecule has 0 aromatic carbocycles. The first-order valence-corrected chi connectivity index (χ1v) is 10.1. The van der Waals surface area contributed by atoms with Crippen LogP contribution in [0.15, 0.2) is 0 Å².